The lowest BCUT2D eigenvalue weighted by atomic mass is 9.98. The van der Waals surface area contributed by atoms with Gasteiger partial charge < -0.3 is 8.83 Å². The first-order valence-corrected chi connectivity index (χ1v) is 18.9. The second kappa shape index (κ2) is 11.1. The third-order valence-corrected chi connectivity index (χ3v) is 10.4. The van der Waals surface area contributed by atoms with Crippen LogP contribution in [-0.4, -0.2) is 23.0 Å². The molecule has 0 N–H and O–H groups in total. The molecule has 0 saturated carbocycles. The minimum absolute atomic E-state index is 0.450. The van der Waals surface area contributed by atoms with Crippen molar-refractivity contribution in [1.82, 2.24) is 15.0 Å². The fraction of sp³-hybridized carbons (Fsp3) is 0.0750. The number of fused-ring (bicyclic) bond motifs is 2. The lowest BCUT2D eigenvalue weighted by Gasteiger charge is -2.17. The normalized spacial score (nSPS) is 11.8. The Kier molecular flexibility index (Phi) is 6.73. The predicted molar refractivity (Wildman–Crippen MR) is 190 cm³/mol. The highest BCUT2D eigenvalue weighted by Gasteiger charge is 2.19. The van der Waals surface area contributed by atoms with Gasteiger partial charge in [0.2, 0.25) is 0 Å². The van der Waals surface area contributed by atoms with Crippen molar-refractivity contribution in [3.63, 3.8) is 0 Å². The van der Waals surface area contributed by atoms with Crippen LogP contribution in [0.25, 0.3) is 78.7 Å². The van der Waals surface area contributed by atoms with Gasteiger partial charge in [-0.25, -0.2) is 15.0 Å². The van der Waals surface area contributed by atoms with Crippen LogP contribution in [0, 0.1) is 0 Å². The van der Waals surface area contributed by atoms with Gasteiger partial charge in [0.05, 0.1) is 8.07 Å². The highest BCUT2D eigenvalue weighted by atomic mass is 28.3. The second-order valence-corrected chi connectivity index (χ2v) is 17.7. The smallest absolute Gasteiger partial charge is 0.199 e. The molecule has 8 aromatic rings. The van der Waals surface area contributed by atoms with Crippen molar-refractivity contribution < 1.29 is 8.83 Å². The molecule has 0 saturated heterocycles. The maximum absolute atomic E-state index is 6.19. The van der Waals surface area contributed by atoms with Crippen LogP contribution in [0.5, 0.6) is 0 Å². The molecule has 3 aromatic heterocycles. The van der Waals surface area contributed by atoms with E-state index in [9.17, 15) is 0 Å². The fourth-order valence-electron chi connectivity index (χ4n) is 5.79. The minimum Gasteiger partial charge on any atom is -0.453 e. The summed E-state index contributed by atoms with van der Waals surface area (Å²) >= 11 is 0. The van der Waals surface area contributed by atoms with Crippen LogP contribution in [0.2, 0.25) is 19.6 Å². The molecular formula is C40H31N3O2Si. The van der Waals surface area contributed by atoms with Crippen LogP contribution >= 0.6 is 0 Å². The zero-order valence-corrected chi connectivity index (χ0v) is 26.9. The van der Waals surface area contributed by atoms with Crippen molar-refractivity contribution in [2.45, 2.75) is 19.6 Å². The van der Waals surface area contributed by atoms with Crippen molar-refractivity contribution in [3.8, 4) is 56.8 Å². The largest absolute Gasteiger partial charge is 0.453 e. The Morgan fingerprint density at radius 2 is 0.870 bits per heavy atom. The Morgan fingerprint density at radius 1 is 0.413 bits per heavy atom. The number of aromatic nitrogens is 3. The van der Waals surface area contributed by atoms with Gasteiger partial charge in [-0.05, 0) is 58.7 Å². The second-order valence-electron chi connectivity index (χ2n) is 12.6. The van der Waals surface area contributed by atoms with Crippen LogP contribution in [0.4, 0.5) is 0 Å². The van der Waals surface area contributed by atoms with E-state index in [4.69, 9.17) is 23.8 Å². The van der Waals surface area contributed by atoms with E-state index in [0.29, 0.717) is 29.0 Å². The molecular weight excluding hydrogens is 583 g/mol. The highest BCUT2D eigenvalue weighted by Crippen LogP contribution is 2.33. The first kappa shape index (κ1) is 27.9. The van der Waals surface area contributed by atoms with Crippen molar-refractivity contribution >= 4 is 35.2 Å². The summed E-state index contributed by atoms with van der Waals surface area (Å²) in [6, 6.07) is 45.8. The molecule has 46 heavy (non-hydrogen) atoms. The molecule has 0 aliphatic carbocycles. The Balaban J connectivity index is 1.21. The van der Waals surface area contributed by atoms with E-state index in [-0.39, 0.29) is 0 Å². The third-order valence-electron chi connectivity index (χ3n) is 8.33. The molecule has 0 bridgehead atoms. The average Bonchev–Trinajstić information content (AvgIpc) is 3.73. The molecule has 8 rings (SSSR count). The molecule has 0 radical (unpaired) electrons. The first-order chi connectivity index (χ1) is 22.4. The Bertz CT molecular complexity index is 2210. The Morgan fingerprint density at radius 3 is 1.39 bits per heavy atom. The summed E-state index contributed by atoms with van der Waals surface area (Å²) in [5, 5.41) is 3.44. The maximum Gasteiger partial charge on any atom is 0.199 e. The summed E-state index contributed by atoms with van der Waals surface area (Å²) < 4.78 is 12.4. The quantitative estimate of drug-likeness (QED) is 0.175. The number of para-hydroxylation sites is 2. The molecule has 0 aliphatic rings. The number of hydrogen-bond donors (Lipinski definition) is 0. The predicted octanol–water partition coefficient (Wildman–Crippen LogP) is 10.2. The van der Waals surface area contributed by atoms with E-state index in [0.717, 1.165) is 38.6 Å². The summed E-state index contributed by atoms with van der Waals surface area (Å²) in [6.45, 7) is 7.13. The summed E-state index contributed by atoms with van der Waals surface area (Å²) in [7, 11) is -1.36. The van der Waals surface area contributed by atoms with E-state index in [2.05, 4.69) is 80.3 Å². The van der Waals surface area contributed by atoms with Gasteiger partial charge in [0.25, 0.3) is 0 Å². The fourth-order valence-corrected chi connectivity index (χ4v) is 6.96. The Hall–Kier alpha value is -5.59. The summed E-state index contributed by atoms with van der Waals surface area (Å²) in [6.07, 6.45) is 0. The van der Waals surface area contributed by atoms with Crippen LogP contribution in [0.15, 0.2) is 142 Å². The van der Waals surface area contributed by atoms with Crippen LogP contribution in [0.3, 0.4) is 0 Å². The van der Waals surface area contributed by atoms with E-state index >= 15 is 0 Å². The van der Waals surface area contributed by atoms with Crippen molar-refractivity contribution in [2.24, 2.45) is 0 Å². The van der Waals surface area contributed by atoms with Gasteiger partial charge in [0.1, 0.15) is 11.2 Å². The van der Waals surface area contributed by atoms with Crippen LogP contribution < -0.4 is 5.19 Å². The van der Waals surface area contributed by atoms with Gasteiger partial charge in [0, 0.05) is 16.3 Å². The van der Waals surface area contributed by atoms with Crippen LogP contribution in [0.1, 0.15) is 0 Å². The lowest BCUT2D eigenvalue weighted by molar-refractivity contribution is 0.617. The van der Waals surface area contributed by atoms with Crippen LogP contribution in [-0.2, 0) is 0 Å². The van der Waals surface area contributed by atoms with Gasteiger partial charge in [-0.2, -0.15) is 0 Å². The van der Waals surface area contributed by atoms with E-state index in [1.165, 1.54) is 16.3 Å². The number of benzene rings is 5. The molecule has 5 nitrogen and oxygen atoms in total. The summed E-state index contributed by atoms with van der Waals surface area (Å²) in [5.74, 6) is 2.59. The molecule has 5 aromatic carbocycles. The van der Waals surface area contributed by atoms with Crippen molar-refractivity contribution in [3.05, 3.63) is 133 Å². The van der Waals surface area contributed by atoms with E-state index < -0.39 is 8.07 Å². The first-order valence-electron chi connectivity index (χ1n) is 15.4. The molecule has 6 heteroatoms. The number of furan rings is 2. The number of hydrogen-bond acceptors (Lipinski definition) is 5. The molecule has 0 spiro atoms. The maximum atomic E-state index is 6.19. The molecule has 0 unspecified atom stereocenters. The number of rotatable bonds is 6. The molecule has 3 heterocycles. The lowest BCUT2D eigenvalue weighted by Crippen LogP contribution is -2.37. The monoisotopic (exact) mass is 613 g/mol. The summed E-state index contributed by atoms with van der Waals surface area (Å²) in [4.78, 5) is 14.7. The standard InChI is InChI=1S/C40H31N3O2Si/c1-46(2,3)33-20-18-26(19-21-33)27-12-8-13-28(22-27)29-14-9-15-32(23-29)38-41-39(36-24-30-10-4-6-16-34(30)44-36)43-40(42-38)37-25-31-11-5-7-17-35(31)45-37/h4-25H,1-3H3. The minimum atomic E-state index is -1.36. The molecule has 0 aliphatic heterocycles. The third kappa shape index (κ3) is 5.33. The molecule has 0 fully saturated rings. The zero-order valence-electron chi connectivity index (χ0n) is 25.9. The SMILES string of the molecule is C[Si](C)(C)c1ccc(-c2cccc(-c3cccc(-c4nc(-c5cc6ccccc6o5)nc(-c5cc6ccccc6o5)n4)c3)c2)cc1. The molecule has 0 atom stereocenters. The number of nitrogens with zero attached hydrogens (tertiary/aromatic N) is 3. The van der Waals surface area contributed by atoms with E-state index in [1.54, 1.807) is 0 Å². The summed E-state index contributed by atoms with van der Waals surface area (Å²) in [5.41, 5.74) is 7.03. The van der Waals surface area contributed by atoms with Gasteiger partial charge in [-0.15, -0.1) is 0 Å². The highest BCUT2D eigenvalue weighted by molar-refractivity contribution is 6.88. The van der Waals surface area contributed by atoms with Crippen molar-refractivity contribution in [1.29, 1.82) is 0 Å². The van der Waals surface area contributed by atoms with Gasteiger partial charge >= 0.3 is 0 Å². The zero-order chi connectivity index (χ0) is 31.3. The molecule has 0 amide bonds. The van der Waals surface area contributed by atoms with Gasteiger partial charge in [-0.1, -0.05) is 122 Å². The van der Waals surface area contributed by atoms with E-state index in [1.807, 2.05) is 72.8 Å². The average molecular weight is 614 g/mol. The topological polar surface area (TPSA) is 65.0 Å². The van der Waals surface area contributed by atoms with Gasteiger partial charge in [-0.3, -0.25) is 0 Å². The van der Waals surface area contributed by atoms with Gasteiger partial charge in [0.15, 0.2) is 29.0 Å². The van der Waals surface area contributed by atoms with Crippen molar-refractivity contribution in [2.75, 3.05) is 0 Å². The molecule has 222 valence electrons. The Labute approximate surface area is 268 Å².